The highest BCUT2D eigenvalue weighted by molar-refractivity contribution is 7.11. The van der Waals surface area contributed by atoms with Crippen molar-refractivity contribution in [2.24, 2.45) is 0 Å². The van der Waals surface area contributed by atoms with Crippen molar-refractivity contribution < 1.29 is 0 Å². The van der Waals surface area contributed by atoms with Crippen LogP contribution in [0.1, 0.15) is 0 Å². The molecule has 5 heteroatoms. The predicted molar refractivity (Wildman–Crippen MR) is 65.1 cm³/mol. The molecule has 78 valence electrons. The zero-order valence-electron chi connectivity index (χ0n) is 8.29. The Kier molecular flexibility index (Phi) is 2.04. The summed E-state index contributed by atoms with van der Waals surface area (Å²) in [6.45, 7) is 0. The van der Waals surface area contributed by atoms with E-state index in [1.54, 1.807) is 18.6 Å². The first-order chi connectivity index (χ1) is 7.84. The van der Waals surface area contributed by atoms with E-state index in [9.17, 15) is 0 Å². The summed E-state index contributed by atoms with van der Waals surface area (Å²) in [6.07, 6.45) is 5.35. The first kappa shape index (κ1) is 9.23. The van der Waals surface area contributed by atoms with Crippen molar-refractivity contribution in [3.05, 3.63) is 36.8 Å². The number of nitrogen functional groups attached to an aromatic ring is 1. The Balaban J connectivity index is 2.19. The van der Waals surface area contributed by atoms with Crippen LogP contribution in [0.4, 0.5) is 5.00 Å². The van der Waals surface area contributed by atoms with Crippen LogP contribution in [-0.4, -0.2) is 14.3 Å². The minimum atomic E-state index is 0.660. The summed E-state index contributed by atoms with van der Waals surface area (Å²) in [5.74, 6) is 0. The topological polar surface area (TPSA) is 64.7 Å². The summed E-state index contributed by atoms with van der Waals surface area (Å²) in [7, 11) is 0. The van der Waals surface area contributed by atoms with Gasteiger partial charge in [0, 0.05) is 29.7 Å². The molecule has 0 atom stereocenters. The Morgan fingerprint density at radius 2 is 2.12 bits per heavy atom. The SMILES string of the molecule is Nc1snc2cc(-c3cccnc3)cnc12. The maximum Gasteiger partial charge on any atom is 0.133 e. The monoisotopic (exact) mass is 228 g/mol. The molecule has 0 radical (unpaired) electrons. The minimum Gasteiger partial charge on any atom is -0.388 e. The number of pyridine rings is 2. The van der Waals surface area contributed by atoms with Crippen molar-refractivity contribution in [3.8, 4) is 11.1 Å². The maximum atomic E-state index is 5.75. The van der Waals surface area contributed by atoms with Crippen LogP contribution in [0.15, 0.2) is 36.8 Å². The number of hydrogen-bond acceptors (Lipinski definition) is 5. The molecule has 3 aromatic heterocycles. The molecule has 4 nitrogen and oxygen atoms in total. The van der Waals surface area contributed by atoms with Gasteiger partial charge in [0.05, 0.1) is 0 Å². The zero-order valence-corrected chi connectivity index (χ0v) is 9.11. The molecule has 0 bridgehead atoms. The van der Waals surface area contributed by atoms with E-state index in [2.05, 4.69) is 14.3 Å². The highest BCUT2D eigenvalue weighted by Gasteiger charge is 2.06. The van der Waals surface area contributed by atoms with Gasteiger partial charge in [0.1, 0.15) is 16.0 Å². The summed E-state index contributed by atoms with van der Waals surface area (Å²) >= 11 is 1.27. The van der Waals surface area contributed by atoms with E-state index in [0.717, 1.165) is 22.2 Å². The lowest BCUT2D eigenvalue weighted by Gasteiger charge is -1.99. The smallest absolute Gasteiger partial charge is 0.133 e. The van der Waals surface area contributed by atoms with Crippen LogP contribution in [0.3, 0.4) is 0 Å². The number of nitrogens with zero attached hydrogens (tertiary/aromatic N) is 3. The van der Waals surface area contributed by atoms with Crippen LogP contribution in [0.25, 0.3) is 22.2 Å². The Morgan fingerprint density at radius 1 is 1.19 bits per heavy atom. The van der Waals surface area contributed by atoms with Crippen molar-refractivity contribution in [1.29, 1.82) is 0 Å². The van der Waals surface area contributed by atoms with E-state index in [4.69, 9.17) is 5.73 Å². The highest BCUT2D eigenvalue weighted by atomic mass is 32.1. The molecule has 0 aromatic carbocycles. The van der Waals surface area contributed by atoms with Crippen LogP contribution in [0, 0.1) is 0 Å². The molecule has 16 heavy (non-hydrogen) atoms. The number of aromatic nitrogens is 3. The number of fused-ring (bicyclic) bond motifs is 1. The van der Waals surface area contributed by atoms with Crippen molar-refractivity contribution >= 4 is 27.6 Å². The molecular formula is C11H8N4S. The third-order valence-corrected chi connectivity index (χ3v) is 3.02. The average Bonchev–Trinajstić information content (AvgIpc) is 2.72. The molecule has 0 aliphatic rings. The summed E-state index contributed by atoms with van der Waals surface area (Å²) in [6, 6.07) is 5.87. The number of nitrogens with two attached hydrogens (primary N) is 1. The van der Waals surface area contributed by atoms with Gasteiger partial charge in [-0.3, -0.25) is 9.97 Å². The second-order valence-corrected chi connectivity index (χ2v) is 4.19. The fraction of sp³-hybridized carbons (Fsp3) is 0. The molecule has 0 unspecified atom stereocenters. The standard InChI is InChI=1S/C11H8N4S/c12-11-10-9(15-16-11)4-8(6-14-10)7-2-1-3-13-5-7/h1-6H,12H2. The first-order valence-corrected chi connectivity index (χ1v) is 5.53. The fourth-order valence-corrected chi connectivity index (χ4v) is 2.13. The summed E-state index contributed by atoms with van der Waals surface area (Å²) in [5.41, 5.74) is 9.40. The molecule has 2 N–H and O–H groups in total. The molecule has 0 saturated heterocycles. The van der Waals surface area contributed by atoms with Crippen LogP contribution in [0.5, 0.6) is 0 Å². The van der Waals surface area contributed by atoms with Gasteiger partial charge in [-0.1, -0.05) is 6.07 Å². The van der Waals surface area contributed by atoms with Gasteiger partial charge >= 0.3 is 0 Å². The molecule has 0 aliphatic carbocycles. The van der Waals surface area contributed by atoms with Gasteiger partial charge in [-0.05, 0) is 23.7 Å². The average molecular weight is 228 g/mol. The van der Waals surface area contributed by atoms with Crippen molar-refractivity contribution in [1.82, 2.24) is 14.3 Å². The van der Waals surface area contributed by atoms with Gasteiger partial charge in [-0.15, -0.1) is 0 Å². The summed E-state index contributed by atoms with van der Waals surface area (Å²) in [5, 5.41) is 0.660. The Morgan fingerprint density at radius 3 is 2.94 bits per heavy atom. The highest BCUT2D eigenvalue weighted by Crippen LogP contribution is 2.26. The van der Waals surface area contributed by atoms with Crippen molar-refractivity contribution in [3.63, 3.8) is 0 Å². The van der Waals surface area contributed by atoms with Crippen LogP contribution < -0.4 is 5.73 Å². The van der Waals surface area contributed by atoms with E-state index in [0.29, 0.717) is 5.00 Å². The molecular weight excluding hydrogens is 220 g/mol. The second kappa shape index (κ2) is 3.53. The molecule has 3 aromatic rings. The van der Waals surface area contributed by atoms with Crippen LogP contribution in [0.2, 0.25) is 0 Å². The van der Waals surface area contributed by atoms with Crippen LogP contribution >= 0.6 is 11.5 Å². The second-order valence-electron chi connectivity index (χ2n) is 3.38. The van der Waals surface area contributed by atoms with E-state index in [1.807, 2.05) is 18.2 Å². The quantitative estimate of drug-likeness (QED) is 0.694. The number of hydrogen-bond donors (Lipinski definition) is 1. The van der Waals surface area contributed by atoms with Crippen molar-refractivity contribution in [2.75, 3.05) is 5.73 Å². The zero-order chi connectivity index (χ0) is 11.0. The summed E-state index contributed by atoms with van der Waals surface area (Å²) in [4.78, 5) is 8.39. The Bertz CT molecular complexity index is 633. The van der Waals surface area contributed by atoms with Crippen molar-refractivity contribution in [2.45, 2.75) is 0 Å². The molecule has 3 heterocycles. The largest absolute Gasteiger partial charge is 0.388 e. The normalized spacial score (nSPS) is 10.8. The van der Waals surface area contributed by atoms with Gasteiger partial charge < -0.3 is 5.73 Å². The van der Waals surface area contributed by atoms with E-state index < -0.39 is 0 Å². The predicted octanol–water partition coefficient (Wildman–Crippen LogP) is 2.34. The van der Waals surface area contributed by atoms with Gasteiger partial charge in [0.2, 0.25) is 0 Å². The third-order valence-electron chi connectivity index (χ3n) is 2.34. The van der Waals surface area contributed by atoms with E-state index in [1.165, 1.54) is 11.5 Å². The molecule has 0 spiro atoms. The van der Waals surface area contributed by atoms with Gasteiger partial charge in [-0.2, -0.15) is 4.37 Å². The number of anilines is 1. The lowest BCUT2D eigenvalue weighted by atomic mass is 10.1. The molecule has 3 rings (SSSR count). The lowest BCUT2D eigenvalue weighted by Crippen LogP contribution is -1.85. The van der Waals surface area contributed by atoms with E-state index in [-0.39, 0.29) is 0 Å². The molecule has 0 aliphatic heterocycles. The maximum absolute atomic E-state index is 5.75. The molecule has 0 fully saturated rings. The van der Waals surface area contributed by atoms with Gasteiger partial charge in [0.15, 0.2) is 0 Å². The third kappa shape index (κ3) is 1.42. The fourth-order valence-electron chi connectivity index (χ4n) is 1.55. The van der Waals surface area contributed by atoms with E-state index >= 15 is 0 Å². The van der Waals surface area contributed by atoms with Gasteiger partial charge in [0.25, 0.3) is 0 Å². The molecule has 0 amide bonds. The van der Waals surface area contributed by atoms with Crippen LogP contribution in [-0.2, 0) is 0 Å². The lowest BCUT2D eigenvalue weighted by molar-refractivity contribution is 1.32. The number of rotatable bonds is 1. The Hall–Kier alpha value is -2.01. The first-order valence-electron chi connectivity index (χ1n) is 4.76. The Labute approximate surface area is 96.0 Å². The molecule has 0 saturated carbocycles. The minimum absolute atomic E-state index is 0.660. The van der Waals surface area contributed by atoms with Gasteiger partial charge in [-0.25, -0.2) is 0 Å². The summed E-state index contributed by atoms with van der Waals surface area (Å²) < 4.78 is 4.24.